The van der Waals surface area contributed by atoms with Gasteiger partial charge in [0.15, 0.2) is 5.78 Å². The first-order chi connectivity index (χ1) is 15.2. The van der Waals surface area contributed by atoms with E-state index in [1.54, 1.807) is 24.3 Å². The molecule has 1 aliphatic carbocycles. The van der Waals surface area contributed by atoms with Crippen LogP contribution in [-0.4, -0.2) is 21.3 Å². The summed E-state index contributed by atoms with van der Waals surface area (Å²) in [6.07, 6.45) is 1.67. The summed E-state index contributed by atoms with van der Waals surface area (Å²) in [5.41, 5.74) is -3.93. The predicted octanol–water partition coefficient (Wildman–Crippen LogP) is 5.95. The highest BCUT2D eigenvalue weighted by Gasteiger charge is 2.35. The number of aromatic amines is 1. The van der Waals surface area contributed by atoms with Gasteiger partial charge >= 0.3 is 5.51 Å². The highest BCUT2D eigenvalue weighted by atomic mass is 32.2. The van der Waals surface area contributed by atoms with E-state index in [0.29, 0.717) is 11.1 Å². The van der Waals surface area contributed by atoms with Crippen molar-refractivity contribution in [2.24, 2.45) is 5.92 Å². The SMILES string of the molecule is O=C(C[C@@H](c1ccc(SC(F)(F)F)c(F)c1)C1CC1)c1cc(=O)[nH]c(-c2ccccc2)n1. The minimum absolute atomic E-state index is 0.00275. The molecule has 1 aromatic heterocycles. The number of rotatable bonds is 7. The average Bonchev–Trinajstić information content (AvgIpc) is 3.58. The standard InChI is InChI=1S/C23H18F4N2O2S/c24-17-10-15(8-9-20(17)32-23(25,26)27)16(13-6-7-13)11-19(30)18-12-21(31)29-22(28-18)14-4-2-1-3-5-14/h1-5,8-10,12-13,16H,6-7,11H2,(H,28,29,31)/t16-/m1/s1. The number of carbonyl (C=O) groups is 1. The Kier molecular flexibility index (Phi) is 6.19. The van der Waals surface area contributed by atoms with Gasteiger partial charge in [-0.15, -0.1) is 0 Å². The number of carbonyl (C=O) groups excluding carboxylic acids is 1. The van der Waals surface area contributed by atoms with Crippen LogP contribution in [0, 0.1) is 11.7 Å². The minimum atomic E-state index is -4.59. The third kappa shape index (κ3) is 5.45. The average molecular weight is 462 g/mol. The van der Waals surface area contributed by atoms with Crippen LogP contribution in [0.4, 0.5) is 17.6 Å². The molecule has 0 radical (unpaired) electrons. The molecule has 2 aromatic carbocycles. The summed E-state index contributed by atoms with van der Waals surface area (Å²) in [5, 5.41) is 0. The van der Waals surface area contributed by atoms with Crippen LogP contribution in [0.5, 0.6) is 0 Å². The van der Waals surface area contributed by atoms with E-state index in [1.165, 1.54) is 6.07 Å². The second kappa shape index (κ2) is 8.90. The van der Waals surface area contributed by atoms with Gasteiger partial charge in [0.25, 0.3) is 5.56 Å². The summed E-state index contributed by atoms with van der Waals surface area (Å²) in [4.78, 5) is 31.5. The lowest BCUT2D eigenvalue weighted by atomic mass is 9.88. The number of nitrogens with zero attached hydrogens (tertiary/aromatic N) is 1. The monoisotopic (exact) mass is 462 g/mol. The van der Waals surface area contributed by atoms with Crippen LogP contribution in [0.15, 0.2) is 64.3 Å². The van der Waals surface area contributed by atoms with Crippen molar-refractivity contribution in [3.63, 3.8) is 0 Å². The van der Waals surface area contributed by atoms with Crippen LogP contribution in [0.2, 0.25) is 0 Å². The molecule has 0 aliphatic heterocycles. The first-order valence-electron chi connectivity index (χ1n) is 9.95. The summed E-state index contributed by atoms with van der Waals surface area (Å²) in [5.74, 6) is -1.30. The molecule has 0 bridgehead atoms. The molecule has 166 valence electrons. The smallest absolute Gasteiger partial charge is 0.306 e. The highest BCUT2D eigenvalue weighted by Crippen LogP contribution is 2.46. The van der Waals surface area contributed by atoms with Gasteiger partial charge in [0.1, 0.15) is 17.3 Å². The zero-order valence-corrected chi connectivity index (χ0v) is 17.5. The van der Waals surface area contributed by atoms with E-state index >= 15 is 0 Å². The molecule has 4 rings (SSSR count). The van der Waals surface area contributed by atoms with E-state index in [2.05, 4.69) is 9.97 Å². The van der Waals surface area contributed by atoms with Crippen LogP contribution in [0.1, 0.15) is 41.2 Å². The Labute approximate surface area is 185 Å². The Hall–Kier alpha value is -2.94. The van der Waals surface area contributed by atoms with Crippen LogP contribution in [-0.2, 0) is 0 Å². The lowest BCUT2D eigenvalue weighted by molar-refractivity contribution is -0.0329. The summed E-state index contributed by atoms with van der Waals surface area (Å²) in [6, 6.07) is 13.6. The van der Waals surface area contributed by atoms with Crippen LogP contribution in [0.25, 0.3) is 11.4 Å². The second-order valence-corrected chi connectivity index (χ2v) is 8.76. The summed E-state index contributed by atoms with van der Waals surface area (Å²) in [6.45, 7) is 0. The molecule has 0 amide bonds. The van der Waals surface area contributed by atoms with Crippen molar-refractivity contribution in [3.8, 4) is 11.4 Å². The molecule has 1 heterocycles. The van der Waals surface area contributed by atoms with E-state index in [-0.39, 0.29) is 35.6 Å². The van der Waals surface area contributed by atoms with Crippen LogP contribution in [0.3, 0.4) is 0 Å². The molecular formula is C23H18F4N2O2S. The van der Waals surface area contributed by atoms with Gasteiger partial charge in [-0.1, -0.05) is 36.4 Å². The maximum absolute atomic E-state index is 14.3. The Morgan fingerprint density at radius 1 is 1.12 bits per heavy atom. The molecule has 0 saturated heterocycles. The number of aromatic nitrogens is 2. The van der Waals surface area contributed by atoms with Gasteiger partial charge < -0.3 is 4.98 Å². The Balaban J connectivity index is 1.58. The molecule has 1 fully saturated rings. The number of nitrogens with one attached hydrogen (secondary N) is 1. The molecule has 1 N–H and O–H groups in total. The fourth-order valence-electron chi connectivity index (χ4n) is 3.65. The maximum Gasteiger partial charge on any atom is 0.446 e. The van der Waals surface area contributed by atoms with Crippen LogP contribution >= 0.6 is 11.8 Å². The Morgan fingerprint density at radius 2 is 1.84 bits per heavy atom. The van der Waals surface area contributed by atoms with Crippen molar-refractivity contribution in [2.45, 2.75) is 35.6 Å². The number of H-pyrrole nitrogens is 1. The summed E-state index contributed by atoms with van der Waals surface area (Å²) in [7, 11) is 0. The number of hydrogen-bond donors (Lipinski definition) is 1. The fourth-order valence-corrected chi connectivity index (χ4v) is 4.19. The predicted molar refractivity (Wildman–Crippen MR) is 113 cm³/mol. The first-order valence-corrected chi connectivity index (χ1v) is 10.8. The van der Waals surface area contributed by atoms with Gasteiger partial charge in [-0.05, 0) is 54.1 Å². The number of thioether (sulfide) groups is 1. The van der Waals surface area contributed by atoms with E-state index in [0.717, 1.165) is 31.0 Å². The first kappa shape index (κ1) is 22.3. The highest BCUT2D eigenvalue weighted by molar-refractivity contribution is 8.00. The molecule has 0 spiro atoms. The molecule has 32 heavy (non-hydrogen) atoms. The zero-order chi connectivity index (χ0) is 22.9. The second-order valence-electron chi connectivity index (χ2n) is 7.65. The molecule has 4 nitrogen and oxygen atoms in total. The van der Waals surface area contributed by atoms with Crippen molar-refractivity contribution in [2.75, 3.05) is 0 Å². The van der Waals surface area contributed by atoms with Crippen molar-refractivity contribution in [1.82, 2.24) is 9.97 Å². The Bertz CT molecular complexity index is 1190. The van der Waals surface area contributed by atoms with Crippen molar-refractivity contribution >= 4 is 17.5 Å². The van der Waals surface area contributed by atoms with Gasteiger partial charge in [-0.25, -0.2) is 9.37 Å². The molecule has 3 aromatic rings. The van der Waals surface area contributed by atoms with Crippen molar-refractivity contribution in [3.05, 3.63) is 82.0 Å². The zero-order valence-electron chi connectivity index (χ0n) is 16.7. The largest absolute Gasteiger partial charge is 0.446 e. The van der Waals surface area contributed by atoms with Gasteiger partial charge in [0.2, 0.25) is 0 Å². The summed E-state index contributed by atoms with van der Waals surface area (Å²) >= 11 is -0.506. The van der Waals surface area contributed by atoms with E-state index in [9.17, 15) is 27.2 Å². The molecule has 1 saturated carbocycles. The molecule has 0 unspecified atom stereocenters. The number of ketones is 1. The minimum Gasteiger partial charge on any atom is -0.306 e. The lowest BCUT2D eigenvalue weighted by Gasteiger charge is -2.17. The number of benzene rings is 2. The van der Waals surface area contributed by atoms with E-state index in [1.807, 2.05) is 6.07 Å². The molecule has 1 atom stereocenters. The quantitative estimate of drug-likeness (QED) is 0.268. The molecule has 9 heteroatoms. The number of alkyl halides is 3. The Morgan fingerprint density at radius 3 is 2.47 bits per heavy atom. The van der Waals surface area contributed by atoms with Gasteiger partial charge in [-0.2, -0.15) is 13.2 Å². The topological polar surface area (TPSA) is 62.8 Å². The van der Waals surface area contributed by atoms with Crippen molar-refractivity contribution < 1.29 is 22.4 Å². The van der Waals surface area contributed by atoms with Crippen LogP contribution < -0.4 is 5.56 Å². The third-order valence-electron chi connectivity index (χ3n) is 5.28. The van der Waals surface area contributed by atoms with Gasteiger partial charge in [0.05, 0.1) is 4.90 Å². The third-order valence-corrected chi connectivity index (χ3v) is 6.06. The lowest BCUT2D eigenvalue weighted by Crippen LogP contribution is -2.16. The number of hydrogen-bond acceptors (Lipinski definition) is 4. The van der Waals surface area contributed by atoms with E-state index in [4.69, 9.17) is 0 Å². The van der Waals surface area contributed by atoms with E-state index < -0.39 is 33.5 Å². The van der Waals surface area contributed by atoms with Gasteiger partial charge in [-0.3, -0.25) is 9.59 Å². The fraction of sp³-hybridized carbons (Fsp3) is 0.261. The van der Waals surface area contributed by atoms with Gasteiger partial charge in [0, 0.05) is 18.1 Å². The van der Waals surface area contributed by atoms with Crippen molar-refractivity contribution in [1.29, 1.82) is 0 Å². The molecule has 1 aliphatic rings. The maximum atomic E-state index is 14.3. The normalized spacial score (nSPS) is 14.9. The summed E-state index contributed by atoms with van der Waals surface area (Å²) < 4.78 is 52.1. The molecular weight excluding hydrogens is 444 g/mol. The number of Topliss-reactive ketones (excluding diaryl/α,β-unsaturated/α-hetero) is 1. The number of halogens is 4.